The van der Waals surface area contributed by atoms with Crippen LogP contribution in [0.4, 0.5) is 0 Å². The Morgan fingerprint density at radius 3 is 2.59 bits per heavy atom. The van der Waals surface area contributed by atoms with Crippen LogP contribution < -0.4 is 5.32 Å². The van der Waals surface area contributed by atoms with Gasteiger partial charge in [-0.25, -0.2) is 0 Å². The number of aryl methyl sites for hydroxylation is 2. The maximum Gasteiger partial charge on any atom is 0.0863 e. The SMILES string of the molecule is CCCCCCNCc1c(Cl)c(CC)nn1C. The van der Waals surface area contributed by atoms with E-state index in [4.69, 9.17) is 11.6 Å². The minimum atomic E-state index is 0.814. The molecule has 0 radical (unpaired) electrons. The monoisotopic (exact) mass is 257 g/mol. The Hall–Kier alpha value is -0.540. The molecule has 0 fully saturated rings. The van der Waals surface area contributed by atoms with Crippen molar-refractivity contribution in [2.75, 3.05) is 6.54 Å². The van der Waals surface area contributed by atoms with Crippen LogP contribution in [0.5, 0.6) is 0 Å². The zero-order valence-corrected chi connectivity index (χ0v) is 12.0. The van der Waals surface area contributed by atoms with Crippen molar-refractivity contribution in [1.29, 1.82) is 0 Å². The highest BCUT2D eigenvalue weighted by molar-refractivity contribution is 6.31. The second-order valence-electron chi connectivity index (χ2n) is 4.42. The molecule has 0 saturated heterocycles. The highest BCUT2D eigenvalue weighted by Gasteiger charge is 2.11. The Morgan fingerprint density at radius 2 is 2.00 bits per heavy atom. The highest BCUT2D eigenvalue weighted by Crippen LogP contribution is 2.20. The van der Waals surface area contributed by atoms with Crippen LogP contribution in [-0.4, -0.2) is 16.3 Å². The van der Waals surface area contributed by atoms with Crippen molar-refractivity contribution in [1.82, 2.24) is 15.1 Å². The average molecular weight is 258 g/mol. The topological polar surface area (TPSA) is 29.9 Å². The fraction of sp³-hybridized carbons (Fsp3) is 0.769. The molecule has 1 aromatic heterocycles. The molecule has 0 atom stereocenters. The fourth-order valence-corrected chi connectivity index (χ4v) is 2.26. The van der Waals surface area contributed by atoms with Crippen molar-refractivity contribution in [2.45, 2.75) is 52.5 Å². The summed E-state index contributed by atoms with van der Waals surface area (Å²) in [5.41, 5.74) is 2.09. The maximum atomic E-state index is 6.27. The molecule has 1 N–H and O–H groups in total. The molecular formula is C13H24ClN3. The number of nitrogens with one attached hydrogen (secondary N) is 1. The van der Waals surface area contributed by atoms with Crippen LogP contribution in [0.15, 0.2) is 0 Å². The van der Waals surface area contributed by atoms with Gasteiger partial charge in [0, 0.05) is 13.6 Å². The first-order valence-corrected chi connectivity index (χ1v) is 6.99. The van der Waals surface area contributed by atoms with Crippen LogP contribution in [0.2, 0.25) is 5.02 Å². The van der Waals surface area contributed by atoms with E-state index in [0.29, 0.717) is 0 Å². The first-order valence-electron chi connectivity index (χ1n) is 6.61. The van der Waals surface area contributed by atoms with Gasteiger partial charge in [-0.05, 0) is 19.4 Å². The minimum Gasteiger partial charge on any atom is -0.311 e. The third-order valence-corrected chi connectivity index (χ3v) is 3.44. The molecule has 0 spiro atoms. The summed E-state index contributed by atoms with van der Waals surface area (Å²) in [5.74, 6) is 0. The van der Waals surface area contributed by atoms with Gasteiger partial charge in [0.05, 0.1) is 16.4 Å². The van der Waals surface area contributed by atoms with Crippen LogP contribution in [0.1, 0.15) is 50.9 Å². The van der Waals surface area contributed by atoms with Gasteiger partial charge in [-0.1, -0.05) is 44.7 Å². The Balaban J connectivity index is 2.34. The third-order valence-electron chi connectivity index (χ3n) is 3.00. The zero-order chi connectivity index (χ0) is 12.7. The predicted molar refractivity (Wildman–Crippen MR) is 73.4 cm³/mol. The predicted octanol–water partition coefficient (Wildman–Crippen LogP) is 3.31. The van der Waals surface area contributed by atoms with Gasteiger partial charge in [-0.3, -0.25) is 4.68 Å². The summed E-state index contributed by atoms with van der Waals surface area (Å²) in [4.78, 5) is 0. The van der Waals surface area contributed by atoms with E-state index in [1.165, 1.54) is 25.7 Å². The minimum absolute atomic E-state index is 0.814. The van der Waals surface area contributed by atoms with Crippen molar-refractivity contribution in [3.63, 3.8) is 0 Å². The molecule has 0 aliphatic carbocycles. The van der Waals surface area contributed by atoms with E-state index in [2.05, 4.69) is 24.3 Å². The Morgan fingerprint density at radius 1 is 1.24 bits per heavy atom. The molecule has 4 heteroatoms. The first kappa shape index (κ1) is 14.5. The molecule has 0 saturated carbocycles. The summed E-state index contributed by atoms with van der Waals surface area (Å²) in [6.07, 6.45) is 6.05. The summed E-state index contributed by atoms with van der Waals surface area (Å²) in [6, 6.07) is 0. The second-order valence-corrected chi connectivity index (χ2v) is 4.80. The van der Waals surface area contributed by atoms with Gasteiger partial charge in [0.15, 0.2) is 0 Å². The smallest absolute Gasteiger partial charge is 0.0863 e. The zero-order valence-electron chi connectivity index (χ0n) is 11.2. The van der Waals surface area contributed by atoms with Gasteiger partial charge < -0.3 is 5.32 Å². The van der Waals surface area contributed by atoms with E-state index in [9.17, 15) is 0 Å². The lowest BCUT2D eigenvalue weighted by Gasteiger charge is -2.05. The summed E-state index contributed by atoms with van der Waals surface area (Å²) >= 11 is 6.27. The van der Waals surface area contributed by atoms with Crippen molar-refractivity contribution in [3.05, 3.63) is 16.4 Å². The standard InChI is InChI=1S/C13H24ClN3/c1-4-6-7-8-9-15-10-12-13(14)11(5-2)16-17(12)3/h15H,4-10H2,1-3H3. The largest absolute Gasteiger partial charge is 0.311 e. The number of halogens is 1. The van der Waals surface area contributed by atoms with Gasteiger partial charge in [0.1, 0.15) is 0 Å². The summed E-state index contributed by atoms with van der Waals surface area (Å²) in [6.45, 7) is 6.18. The molecule has 0 aliphatic heterocycles. The summed E-state index contributed by atoms with van der Waals surface area (Å²) in [7, 11) is 1.96. The molecular weight excluding hydrogens is 234 g/mol. The third kappa shape index (κ3) is 4.32. The molecule has 0 aromatic carbocycles. The number of nitrogens with zero attached hydrogens (tertiary/aromatic N) is 2. The molecule has 17 heavy (non-hydrogen) atoms. The van der Waals surface area contributed by atoms with Crippen LogP contribution in [0.3, 0.4) is 0 Å². The first-order chi connectivity index (χ1) is 8.20. The molecule has 0 amide bonds. The fourth-order valence-electron chi connectivity index (χ4n) is 1.90. The van der Waals surface area contributed by atoms with E-state index >= 15 is 0 Å². The molecule has 1 heterocycles. The molecule has 1 rings (SSSR count). The lowest BCUT2D eigenvalue weighted by atomic mass is 10.2. The molecule has 1 aromatic rings. The summed E-state index contributed by atoms with van der Waals surface area (Å²) in [5, 5.41) is 8.67. The van der Waals surface area contributed by atoms with Crippen molar-refractivity contribution in [3.8, 4) is 0 Å². The lowest BCUT2D eigenvalue weighted by molar-refractivity contribution is 0.576. The van der Waals surface area contributed by atoms with E-state index in [-0.39, 0.29) is 0 Å². The van der Waals surface area contributed by atoms with Gasteiger partial charge >= 0.3 is 0 Å². The van der Waals surface area contributed by atoms with Crippen LogP contribution >= 0.6 is 11.6 Å². The molecule has 98 valence electrons. The number of hydrogen-bond acceptors (Lipinski definition) is 2. The van der Waals surface area contributed by atoms with Gasteiger partial charge in [-0.15, -0.1) is 0 Å². The number of rotatable bonds is 8. The number of unbranched alkanes of at least 4 members (excludes halogenated alkanes) is 3. The summed E-state index contributed by atoms with van der Waals surface area (Å²) < 4.78 is 1.89. The van der Waals surface area contributed by atoms with E-state index in [0.717, 1.165) is 35.9 Å². The molecule has 0 aliphatic rings. The quantitative estimate of drug-likeness (QED) is 0.724. The molecule has 3 nitrogen and oxygen atoms in total. The van der Waals surface area contributed by atoms with Crippen molar-refractivity contribution in [2.24, 2.45) is 7.05 Å². The Labute approximate surface area is 110 Å². The second kappa shape index (κ2) is 7.72. The van der Waals surface area contributed by atoms with Gasteiger partial charge in [0.2, 0.25) is 0 Å². The molecule has 0 bridgehead atoms. The molecule has 0 unspecified atom stereocenters. The normalized spacial score (nSPS) is 11.1. The highest BCUT2D eigenvalue weighted by atomic mass is 35.5. The lowest BCUT2D eigenvalue weighted by Crippen LogP contribution is -2.17. The van der Waals surface area contributed by atoms with Crippen LogP contribution in [0.25, 0.3) is 0 Å². The van der Waals surface area contributed by atoms with E-state index < -0.39 is 0 Å². The van der Waals surface area contributed by atoms with Gasteiger partial charge in [-0.2, -0.15) is 5.10 Å². The number of hydrogen-bond donors (Lipinski definition) is 1. The Bertz CT molecular complexity index is 334. The van der Waals surface area contributed by atoms with Crippen LogP contribution in [-0.2, 0) is 20.0 Å². The van der Waals surface area contributed by atoms with Crippen LogP contribution in [0, 0.1) is 0 Å². The van der Waals surface area contributed by atoms with E-state index in [1.807, 2.05) is 11.7 Å². The Kier molecular flexibility index (Phi) is 6.60. The number of aromatic nitrogens is 2. The van der Waals surface area contributed by atoms with Crippen molar-refractivity contribution >= 4 is 11.6 Å². The average Bonchev–Trinajstić information content (AvgIpc) is 2.60. The van der Waals surface area contributed by atoms with Crippen molar-refractivity contribution < 1.29 is 0 Å². The maximum absolute atomic E-state index is 6.27. The van der Waals surface area contributed by atoms with Gasteiger partial charge in [0.25, 0.3) is 0 Å². The van der Waals surface area contributed by atoms with E-state index in [1.54, 1.807) is 0 Å².